The van der Waals surface area contributed by atoms with Gasteiger partial charge in [-0.15, -0.1) is 0 Å². The van der Waals surface area contributed by atoms with E-state index in [4.69, 9.17) is 0 Å². The van der Waals surface area contributed by atoms with Gasteiger partial charge in [0.05, 0.1) is 0 Å². The molecule has 1 aliphatic rings. The van der Waals surface area contributed by atoms with Crippen LogP contribution in [0.15, 0.2) is 24.3 Å². The summed E-state index contributed by atoms with van der Waals surface area (Å²) < 4.78 is 0. The molecule has 2 rings (SSSR count). The monoisotopic (exact) mass is 288 g/mol. The number of hydrogen-bond donors (Lipinski definition) is 1. The summed E-state index contributed by atoms with van der Waals surface area (Å²) in [5, 5.41) is 3.03. The normalized spacial score (nSPS) is 16.7. The Hall–Kier alpha value is -1.35. The predicted molar refractivity (Wildman–Crippen MR) is 88.7 cm³/mol. The van der Waals surface area contributed by atoms with Gasteiger partial charge in [-0.3, -0.25) is 4.79 Å². The van der Waals surface area contributed by atoms with E-state index in [9.17, 15) is 4.79 Å². The number of rotatable bonds is 4. The molecule has 0 atom stereocenters. The Bertz CT molecular complexity index is 470. The standard InChI is InChI=1S/C18H28N2O/c1-18(2,3)15-8-7-9-16(14-15)19-17(21)10-13-20-11-5-4-6-12-20/h7-9,14H,4-6,10-13H2,1-3H3,(H,19,21). The van der Waals surface area contributed by atoms with E-state index in [1.54, 1.807) is 0 Å². The zero-order chi connectivity index (χ0) is 15.3. The predicted octanol–water partition coefficient (Wildman–Crippen LogP) is 3.80. The lowest BCUT2D eigenvalue weighted by atomic mass is 9.87. The molecule has 1 fully saturated rings. The third-order valence-electron chi connectivity index (χ3n) is 4.12. The summed E-state index contributed by atoms with van der Waals surface area (Å²) in [6, 6.07) is 8.18. The molecule has 1 heterocycles. The van der Waals surface area contributed by atoms with E-state index in [1.165, 1.54) is 24.8 Å². The molecular formula is C18H28N2O. The molecule has 0 radical (unpaired) electrons. The molecule has 1 N–H and O–H groups in total. The van der Waals surface area contributed by atoms with Crippen LogP contribution in [-0.2, 0) is 10.2 Å². The van der Waals surface area contributed by atoms with E-state index in [2.05, 4.69) is 43.1 Å². The number of hydrogen-bond acceptors (Lipinski definition) is 2. The number of carbonyl (C=O) groups is 1. The summed E-state index contributed by atoms with van der Waals surface area (Å²) in [7, 11) is 0. The summed E-state index contributed by atoms with van der Waals surface area (Å²) in [5.41, 5.74) is 2.26. The SMILES string of the molecule is CC(C)(C)c1cccc(NC(=O)CCN2CCCCC2)c1. The number of piperidine rings is 1. The fourth-order valence-electron chi connectivity index (χ4n) is 2.73. The molecule has 21 heavy (non-hydrogen) atoms. The first-order valence-electron chi connectivity index (χ1n) is 8.08. The van der Waals surface area contributed by atoms with Crippen LogP contribution in [-0.4, -0.2) is 30.4 Å². The van der Waals surface area contributed by atoms with E-state index in [0.717, 1.165) is 25.3 Å². The molecule has 0 saturated carbocycles. The second kappa shape index (κ2) is 7.08. The van der Waals surface area contributed by atoms with Gasteiger partial charge in [0, 0.05) is 18.7 Å². The molecule has 116 valence electrons. The molecule has 3 nitrogen and oxygen atoms in total. The van der Waals surface area contributed by atoms with Crippen LogP contribution in [0.2, 0.25) is 0 Å². The van der Waals surface area contributed by atoms with E-state index < -0.39 is 0 Å². The van der Waals surface area contributed by atoms with Gasteiger partial charge in [-0.1, -0.05) is 39.3 Å². The molecule has 0 unspecified atom stereocenters. The van der Waals surface area contributed by atoms with Crippen molar-refractivity contribution in [2.45, 2.75) is 51.9 Å². The summed E-state index contributed by atoms with van der Waals surface area (Å²) in [6.45, 7) is 9.73. The van der Waals surface area contributed by atoms with Crippen LogP contribution in [0.25, 0.3) is 0 Å². The highest BCUT2D eigenvalue weighted by molar-refractivity contribution is 5.90. The molecule has 1 saturated heterocycles. The molecule has 3 heteroatoms. The van der Waals surface area contributed by atoms with Crippen molar-refractivity contribution in [2.24, 2.45) is 0 Å². The second-order valence-corrected chi connectivity index (χ2v) is 7.03. The third kappa shape index (κ3) is 5.16. The Morgan fingerprint density at radius 2 is 1.90 bits per heavy atom. The van der Waals surface area contributed by atoms with Crippen molar-refractivity contribution in [3.8, 4) is 0 Å². The smallest absolute Gasteiger partial charge is 0.225 e. The maximum Gasteiger partial charge on any atom is 0.225 e. The fraction of sp³-hybridized carbons (Fsp3) is 0.611. The van der Waals surface area contributed by atoms with Crippen LogP contribution in [0.3, 0.4) is 0 Å². The lowest BCUT2D eigenvalue weighted by molar-refractivity contribution is -0.116. The van der Waals surface area contributed by atoms with E-state index in [1.807, 2.05) is 12.1 Å². The van der Waals surface area contributed by atoms with Crippen LogP contribution in [0.1, 0.15) is 52.0 Å². The first-order chi connectivity index (χ1) is 9.95. The van der Waals surface area contributed by atoms with Crippen LogP contribution in [0.4, 0.5) is 5.69 Å². The lowest BCUT2D eigenvalue weighted by Gasteiger charge is -2.26. The highest BCUT2D eigenvalue weighted by Gasteiger charge is 2.15. The molecule has 1 aliphatic heterocycles. The quantitative estimate of drug-likeness (QED) is 0.914. The second-order valence-electron chi connectivity index (χ2n) is 7.03. The Morgan fingerprint density at radius 3 is 2.57 bits per heavy atom. The topological polar surface area (TPSA) is 32.3 Å². The van der Waals surface area contributed by atoms with Gasteiger partial charge in [-0.25, -0.2) is 0 Å². The third-order valence-corrected chi connectivity index (χ3v) is 4.12. The largest absolute Gasteiger partial charge is 0.326 e. The van der Waals surface area contributed by atoms with Gasteiger partial charge < -0.3 is 10.2 Å². The van der Waals surface area contributed by atoms with Gasteiger partial charge in [0.25, 0.3) is 0 Å². The van der Waals surface area contributed by atoms with Crippen LogP contribution in [0.5, 0.6) is 0 Å². The van der Waals surface area contributed by atoms with Gasteiger partial charge in [0.2, 0.25) is 5.91 Å². The average Bonchev–Trinajstić information content (AvgIpc) is 2.46. The minimum atomic E-state index is 0.106. The first kappa shape index (κ1) is 16.0. The summed E-state index contributed by atoms with van der Waals surface area (Å²) in [4.78, 5) is 14.5. The lowest BCUT2D eigenvalue weighted by Crippen LogP contribution is -2.32. The van der Waals surface area contributed by atoms with Crippen molar-refractivity contribution in [3.63, 3.8) is 0 Å². The summed E-state index contributed by atoms with van der Waals surface area (Å²) >= 11 is 0. The maximum atomic E-state index is 12.1. The summed E-state index contributed by atoms with van der Waals surface area (Å²) in [5.74, 6) is 0.117. The van der Waals surface area contributed by atoms with Gasteiger partial charge in [0.1, 0.15) is 0 Å². The highest BCUT2D eigenvalue weighted by atomic mass is 16.1. The summed E-state index contributed by atoms with van der Waals surface area (Å²) in [6.07, 6.45) is 4.46. The molecule has 1 aromatic carbocycles. The van der Waals surface area contributed by atoms with Crippen molar-refractivity contribution >= 4 is 11.6 Å². The number of nitrogens with zero attached hydrogens (tertiary/aromatic N) is 1. The van der Waals surface area contributed by atoms with Crippen LogP contribution in [0, 0.1) is 0 Å². The molecule has 0 aromatic heterocycles. The Labute approximate surface area is 128 Å². The van der Waals surface area contributed by atoms with Gasteiger partial charge in [0.15, 0.2) is 0 Å². The van der Waals surface area contributed by atoms with Gasteiger partial charge >= 0.3 is 0 Å². The molecule has 1 aromatic rings. The van der Waals surface area contributed by atoms with E-state index >= 15 is 0 Å². The van der Waals surface area contributed by atoms with Crippen molar-refractivity contribution < 1.29 is 4.79 Å². The fourth-order valence-corrected chi connectivity index (χ4v) is 2.73. The van der Waals surface area contributed by atoms with E-state index in [0.29, 0.717) is 6.42 Å². The number of anilines is 1. The van der Waals surface area contributed by atoms with E-state index in [-0.39, 0.29) is 11.3 Å². The molecule has 1 amide bonds. The average molecular weight is 288 g/mol. The number of carbonyl (C=O) groups excluding carboxylic acids is 1. The number of amides is 1. The van der Waals surface area contributed by atoms with Crippen LogP contribution < -0.4 is 5.32 Å². The van der Waals surface area contributed by atoms with Gasteiger partial charge in [-0.05, 0) is 49.0 Å². The zero-order valence-electron chi connectivity index (χ0n) is 13.6. The van der Waals surface area contributed by atoms with Crippen molar-refractivity contribution in [3.05, 3.63) is 29.8 Å². The number of benzene rings is 1. The molecule has 0 bridgehead atoms. The highest BCUT2D eigenvalue weighted by Crippen LogP contribution is 2.24. The maximum absolute atomic E-state index is 12.1. The zero-order valence-corrected chi connectivity index (χ0v) is 13.6. The van der Waals surface area contributed by atoms with Crippen LogP contribution >= 0.6 is 0 Å². The molecule has 0 aliphatic carbocycles. The van der Waals surface area contributed by atoms with Crippen molar-refractivity contribution in [1.29, 1.82) is 0 Å². The van der Waals surface area contributed by atoms with Crippen molar-refractivity contribution in [2.75, 3.05) is 25.0 Å². The number of likely N-dealkylation sites (tertiary alicyclic amines) is 1. The van der Waals surface area contributed by atoms with Gasteiger partial charge in [-0.2, -0.15) is 0 Å². The minimum absolute atomic E-state index is 0.106. The first-order valence-corrected chi connectivity index (χ1v) is 8.08. The molecular weight excluding hydrogens is 260 g/mol. The van der Waals surface area contributed by atoms with Crippen molar-refractivity contribution in [1.82, 2.24) is 4.90 Å². The number of nitrogens with one attached hydrogen (secondary N) is 1. The Morgan fingerprint density at radius 1 is 1.19 bits per heavy atom. The Kier molecular flexibility index (Phi) is 5.40. The minimum Gasteiger partial charge on any atom is -0.326 e. The Balaban J connectivity index is 1.84. The molecule has 0 spiro atoms.